The van der Waals surface area contributed by atoms with Crippen molar-refractivity contribution < 1.29 is 27.9 Å². The van der Waals surface area contributed by atoms with Crippen molar-refractivity contribution >= 4 is 34.8 Å². The van der Waals surface area contributed by atoms with Crippen LogP contribution in [0, 0.1) is 6.92 Å². The first-order valence-corrected chi connectivity index (χ1v) is 14.8. The van der Waals surface area contributed by atoms with E-state index in [-0.39, 0.29) is 44.3 Å². The number of alkyl halides is 2. The number of halogens is 2. The van der Waals surface area contributed by atoms with Crippen molar-refractivity contribution in [2.75, 3.05) is 24.6 Å². The number of pyridine rings is 1. The molecule has 4 heterocycles. The predicted octanol–water partition coefficient (Wildman–Crippen LogP) is 4.79. The second-order valence-corrected chi connectivity index (χ2v) is 11.7. The van der Waals surface area contributed by atoms with Crippen molar-refractivity contribution in [2.24, 2.45) is 0 Å². The molecule has 1 aliphatic carbocycles. The molecule has 226 valence electrons. The summed E-state index contributed by atoms with van der Waals surface area (Å²) in [7, 11) is 0. The van der Waals surface area contributed by atoms with Crippen molar-refractivity contribution in [1.29, 1.82) is 0 Å². The molecular formula is C33H31F2N5O4. The molecule has 0 bridgehead atoms. The number of hydrogen-bond acceptors (Lipinski definition) is 6. The maximum absolute atomic E-state index is 14.9. The van der Waals surface area contributed by atoms with Crippen molar-refractivity contribution in [2.45, 2.75) is 50.1 Å². The summed E-state index contributed by atoms with van der Waals surface area (Å²) in [5.41, 5.74) is 6.24. The van der Waals surface area contributed by atoms with Crippen molar-refractivity contribution in [3.8, 4) is 11.1 Å². The normalized spacial score (nSPS) is 22.7. The molecule has 3 amide bonds. The van der Waals surface area contributed by atoms with E-state index in [0.717, 1.165) is 37.7 Å². The van der Waals surface area contributed by atoms with Crippen LogP contribution in [0.25, 0.3) is 22.2 Å². The number of carbonyl (C=O) groups excluding carboxylic acids is 3. The molecule has 2 N–H and O–H groups in total. The van der Waals surface area contributed by atoms with E-state index in [9.17, 15) is 23.2 Å². The minimum atomic E-state index is -1.50. The first-order chi connectivity index (χ1) is 21.3. The summed E-state index contributed by atoms with van der Waals surface area (Å²) in [5, 5.41) is 2.82. The average molecular weight is 600 g/mol. The van der Waals surface area contributed by atoms with E-state index < -0.39 is 42.3 Å². The standard InChI is InChI=1S/C33H31F2N5O4/c1-18-12-27-26(37-18)10-11-30(38-27)40(31(41)28-13-19(34)15-36-28)32(42)29-14-20(35)16-39(29)33(43)44-17-25-23-8-4-2-6-21(23)22-7-3-5-9-24(22)25/h2-12,19-20,25,28-29,36-37H,13-17H2,1H3/t19-,20?,28-,29+/m1/s1. The fraction of sp³-hybridized carbons (Fsp3) is 0.333. The minimum absolute atomic E-state index is 0.00118. The lowest BCUT2D eigenvalue weighted by Gasteiger charge is -2.29. The number of hydrogen-bond donors (Lipinski definition) is 2. The predicted molar refractivity (Wildman–Crippen MR) is 160 cm³/mol. The molecule has 1 unspecified atom stereocenters. The second kappa shape index (κ2) is 11.1. The van der Waals surface area contributed by atoms with Gasteiger partial charge in [0.15, 0.2) is 0 Å². The van der Waals surface area contributed by atoms with Crippen LogP contribution in [-0.4, -0.2) is 76.9 Å². The van der Waals surface area contributed by atoms with E-state index in [4.69, 9.17) is 4.74 Å². The highest BCUT2D eigenvalue weighted by Gasteiger charge is 2.46. The number of imide groups is 1. The van der Waals surface area contributed by atoms with E-state index in [0.29, 0.717) is 11.0 Å². The molecule has 0 spiro atoms. The van der Waals surface area contributed by atoms with Gasteiger partial charge >= 0.3 is 6.09 Å². The van der Waals surface area contributed by atoms with Gasteiger partial charge in [-0.25, -0.2) is 23.5 Å². The molecule has 2 aromatic heterocycles. The Morgan fingerprint density at radius 1 is 0.955 bits per heavy atom. The summed E-state index contributed by atoms with van der Waals surface area (Å²) < 4.78 is 34.8. The summed E-state index contributed by atoms with van der Waals surface area (Å²) in [5.74, 6) is -1.72. The van der Waals surface area contributed by atoms with Crippen LogP contribution in [0.2, 0.25) is 0 Å². The Bertz CT molecular complexity index is 1730. The molecule has 44 heavy (non-hydrogen) atoms. The zero-order valence-electron chi connectivity index (χ0n) is 24.0. The Hall–Kier alpha value is -4.64. The lowest BCUT2D eigenvalue weighted by atomic mass is 9.98. The number of carbonyl (C=O) groups is 3. The maximum Gasteiger partial charge on any atom is 0.410 e. The number of ether oxygens (including phenoxy) is 1. The van der Waals surface area contributed by atoms with Gasteiger partial charge in [0.05, 0.1) is 23.6 Å². The number of nitrogens with zero attached hydrogens (tertiary/aromatic N) is 3. The van der Waals surface area contributed by atoms with Gasteiger partial charge in [-0.05, 0) is 47.4 Å². The van der Waals surface area contributed by atoms with E-state index in [1.54, 1.807) is 12.1 Å². The highest BCUT2D eigenvalue weighted by atomic mass is 19.1. The third kappa shape index (κ3) is 4.90. The molecule has 0 radical (unpaired) electrons. The van der Waals surface area contributed by atoms with Gasteiger partial charge in [-0.1, -0.05) is 48.5 Å². The summed E-state index contributed by atoms with van der Waals surface area (Å²) in [6.07, 6.45) is -4.00. The van der Waals surface area contributed by atoms with E-state index >= 15 is 0 Å². The van der Waals surface area contributed by atoms with Gasteiger partial charge in [-0.2, -0.15) is 0 Å². The number of benzene rings is 2. The molecule has 2 fully saturated rings. The largest absolute Gasteiger partial charge is 0.448 e. The zero-order chi connectivity index (χ0) is 30.5. The van der Waals surface area contributed by atoms with Gasteiger partial charge in [0.1, 0.15) is 30.8 Å². The number of anilines is 1. The van der Waals surface area contributed by atoms with Gasteiger partial charge < -0.3 is 15.0 Å². The van der Waals surface area contributed by atoms with Gasteiger partial charge in [0, 0.05) is 31.0 Å². The SMILES string of the molecule is Cc1cc2nc(N(C(=O)[C@H]3C[C@@H](F)CN3)C(=O)[C@@H]3CC(F)CN3C(=O)OCC3c4ccccc4-c4ccccc43)ccc2[nH]1. The summed E-state index contributed by atoms with van der Waals surface area (Å²) in [6, 6.07) is 18.5. The van der Waals surface area contributed by atoms with Crippen LogP contribution in [-0.2, 0) is 14.3 Å². The highest BCUT2D eigenvalue weighted by Crippen LogP contribution is 2.44. The molecule has 4 atom stereocenters. The number of amides is 3. The first-order valence-electron chi connectivity index (χ1n) is 14.8. The quantitative estimate of drug-likeness (QED) is 0.320. The van der Waals surface area contributed by atoms with Crippen molar-refractivity contribution in [3.05, 3.63) is 83.6 Å². The molecule has 2 aliphatic heterocycles. The second-order valence-electron chi connectivity index (χ2n) is 11.7. The lowest BCUT2D eigenvalue weighted by molar-refractivity contribution is -0.130. The van der Waals surface area contributed by atoms with Gasteiger partial charge in [-0.15, -0.1) is 0 Å². The minimum Gasteiger partial charge on any atom is -0.448 e. The van der Waals surface area contributed by atoms with Crippen LogP contribution < -0.4 is 10.2 Å². The molecule has 2 saturated heterocycles. The number of aromatic nitrogens is 2. The summed E-state index contributed by atoms with van der Waals surface area (Å²) >= 11 is 0. The molecule has 9 nitrogen and oxygen atoms in total. The molecule has 3 aliphatic rings. The molecule has 2 aromatic carbocycles. The molecular weight excluding hydrogens is 568 g/mol. The van der Waals surface area contributed by atoms with Crippen LogP contribution in [0.4, 0.5) is 19.4 Å². The van der Waals surface area contributed by atoms with E-state index in [1.807, 2.05) is 55.5 Å². The number of H-pyrrole nitrogens is 1. The van der Waals surface area contributed by atoms with Crippen LogP contribution >= 0.6 is 0 Å². The average Bonchev–Trinajstić information content (AvgIpc) is 3.79. The number of nitrogens with one attached hydrogen (secondary N) is 2. The number of aryl methyl sites for hydroxylation is 1. The number of rotatable bonds is 5. The first kappa shape index (κ1) is 28.1. The van der Waals surface area contributed by atoms with Gasteiger partial charge in [-0.3, -0.25) is 14.5 Å². The number of fused-ring (bicyclic) bond motifs is 4. The Labute approximate surface area is 252 Å². The third-order valence-corrected chi connectivity index (χ3v) is 8.75. The fourth-order valence-corrected chi connectivity index (χ4v) is 6.68. The lowest BCUT2D eigenvalue weighted by Crippen LogP contribution is -2.54. The van der Waals surface area contributed by atoms with Crippen molar-refractivity contribution in [3.63, 3.8) is 0 Å². The van der Waals surface area contributed by atoms with Gasteiger partial charge in [0.25, 0.3) is 11.8 Å². The Morgan fingerprint density at radius 3 is 2.34 bits per heavy atom. The summed E-state index contributed by atoms with van der Waals surface area (Å²) in [4.78, 5) is 50.9. The highest BCUT2D eigenvalue weighted by molar-refractivity contribution is 6.18. The smallest absolute Gasteiger partial charge is 0.410 e. The van der Waals surface area contributed by atoms with Crippen LogP contribution in [0.1, 0.15) is 35.6 Å². The molecule has 11 heteroatoms. The molecule has 4 aromatic rings. The van der Waals surface area contributed by atoms with E-state index in [1.165, 1.54) is 6.07 Å². The third-order valence-electron chi connectivity index (χ3n) is 8.75. The Morgan fingerprint density at radius 2 is 1.66 bits per heavy atom. The Balaban J connectivity index is 1.15. The molecule has 0 saturated carbocycles. The maximum atomic E-state index is 14.9. The topological polar surface area (TPSA) is 108 Å². The Kier molecular flexibility index (Phi) is 7.12. The molecule has 7 rings (SSSR count). The van der Waals surface area contributed by atoms with Crippen molar-refractivity contribution in [1.82, 2.24) is 20.2 Å². The number of likely N-dealkylation sites (tertiary alicyclic amines) is 1. The summed E-state index contributed by atoms with van der Waals surface area (Å²) in [6.45, 7) is 1.47. The van der Waals surface area contributed by atoms with E-state index in [2.05, 4.69) is 15.3 Å². The van der Waals surface area contributed by atoms with Gasteiger partial charge in [0.2, 0.25) is 0 Å². The number of aromatic amines is 1. The van der Waals surface area contributed by atoms with Crippen LogP contribution in [0.15, 0.2) is 66.7 Å². The van der Waals surface area contributed by atoms with Crippen LogP contribution in [0.3, 0.4) is 0 Å². The van der Waals surface area contributed by atoms with Crippen LogP contribution in [0.5, 0.6) is 0 Å². The zero-order valence-corrected chi connectivity index (χ0v) is 24.0. The monoisotopic (exact) mass is 599 g/mol. The fourth-order valence-electron chi connectivity index (χ4n) is 6.68.